The zero-order valence-electron chi connectivity index (χ0n) is 14.0. The van der Waals surface area contributed by atoms with Crippen LogP contribution in [-0.2, 0) is 0 Å². The van der Waals surface area contributed by atoms with Gasteiger partial charge in [-0.2, -0.15) is 0 Å². The number of hydrogen-bond donors (Lipinski definition) is 1. The third kappa shape index (κ3) is 5.59. The highest BCUT2D eigenvalue weighted by atomic mass is 35.5. The molecule has 3 rings (SSSR count). The van der Waals surface area contributed by atoms with Gasteiger partial charge in [-0.1, -0.05) is 29.8 Å². The van der Waals surface area contributed by atoms with Gasteiger partial charge in [-0.15, -0.1) is 0 Å². The molecule has 2 aromatic carbocycles. The molecule has 0 unspecified atom stereocenters. The summed E-state index contributed by atoms with van der Waals surface area (Å²) in [7, 11) is 0. The molecule has 1 heterocycles. The molecule has 0 bridgehead atoms. The third-order valence-corrected chi connectivity index (χ3v) is 4.79. The predicted molar refractivity (Wildman–Crippen MR) is 108 cm³/mol. The summed E-state index contributed by atoms with van der Waals surface area (Å²) in [6, 6.07) is 17.5. The molecule has 0 saturated carbocycles. The Morgan fingerprint density at radius 2 is 1.68 bits per heavy atom. The highest BCUT2D eigenvalue weighted by Gasteiger charge is 2.18. The van der Waals surface area contributed by atoms with Crippen molar-refractivity contribution in [2.75, 3.05) is 44.6 Å². The Hall–Kier alpha value is -1.82. The first kappa shape index (κ1) is 18.0. The highest BCUT2D eigenvalue weighted by molar-refractivity contribution is 7.80. The molecular weight excluding hydrogens is 354 g/mol. The van der Waals surface area contributed by atoms with E-state index >= 15 is 0 Å². The van der Waals surface area contributed by atoms with Crippen molar-refractivity contribution >= 4 is 34.6 Å². The topological polar surface area (TPSA) is 27.7 Å². The van der Waals surface area contributed by atoms with Crippen LogP contribution in [0.25, 0.3) is 0 Å². The summed E-state index contributed by atoms with van der Waals surface area (Å²) in [5, 5.41) is 4.76. The first-order chi connectivity index (χ1) is 12.2. The van der Waals surface area contributed by atoms with Crippen LogP contribution in [0.15, 0.2) is 54.6 Å². The van der Waals surface area contributed by atoms with Gasteiger partial charge in [0.1, 0.15) is 12.4 Å². The lowest BCUT2D eigenvalue weighted by Gasteiger charge is -2.36. The molecule has 4 nitrogen and oxygen atoms in total. The summed E-state index contributed by atoms with van der Waals surface area (Å²) in [5.74, 6) is 0.925. The van der Waals surface area contributed by atoms with Crippen molar-refractivity contribution < 1.29 is 4.74 Å². The minimum Gasteiger partial charge on any atom is -0.492 e. The van der Waals surface area contributed by atoms with E-state index in [2.05, 4.69) is 15.1 Å². The molecule has 2 aromatic rings. The molecule has 0 radical (unpaired) electrons. The second kappa shape index (κ2) is 9.04. The smallest absolute Gasteiger partial charge is 0.173 e. The number of benzene rings is 2. The van der Waals surface area contributed by atoms with Crippen LogP contribution < -0.4 is 10.1 Å². The van der Waals surface area contributed by atoms with Gasteiger partial charge < -0.3 is 15.0 Å². The lowest BCUT2D eigenvalue weighted by atomic mass is 10.3. The Bertz CT molecular complexity index is 673. The summed E-state index contributed by atoms with van der Waals surface area (Å²) >= 11 is 11.4. The van der Waals surface area contributed by atoms with Crippen molar-refractivity contribution in [3.63, 3.8) is 0 Å². The van der Waals surface area contributed by atoms with E-state index in [-0.39, 0.29) is 0 Å². The molecule has 1 aliphatic heterocycles. The summed E-state index contributed by atoms with van der Waals surface area (Å²) in [4.78, 5) is 4.61. The number of rotatable bonds is 5. The van der Waals surface area contributed by atoms with Gasteiger partial charge in [-0.3, -0.25) is 4.90 Å². The Morgan fingerprint density at radius 3 is 2.36 bits per heavy atom. The highest BCUT2D eigenvalue weighted by Crippen LogP contribution is 2.14. The number of thiocarbonyl (C=S) groups is 1. The van der Waals surface area contributed by atoms with Gasteiger partial charge in [-0.05, 0) is 48.6 Å². The minimum absolute atomic E-state index is 0.706. The fourth-order valence-electron chi connectivity index (χ4n) is 2.72. The largest absolute Gasteiger partial charge is 0.492 e. The van der Waals surface area contributed by atoms with Crippen molar-refractivity contribution in [1.29, 1.82) is 0 Å². The average molecular weight is 376 g/mol. The second-order valence-electron chi connectivity index (χ2n) is 5.93. The number of hydrogen-bond acceptors (Lipinski definition) is 3. The number of halogens is 1. The average Bonchev–Trinajstić information content (AvgIpc) is 2.65. The Labute approximate surface area is 159 Å². The van der Waals surface area contributed by atoms with Crippen LogP contribution in [0.1, 0.15) is 0 Å². The molecule has 0 atom stereocenters. The van der Waals surface area contributed by atoms with Gasteiger partial charge in [-0.25, -0.2) is 0 Å². The van der Waals surface area contributed by atoms with E-state index in [9.17, 15) is 0 Å². The SMILES string of the molecule is S=C(Nc1ccc(Cl)cc1)N1CCN(CCOc2ccccc2)CC1. The molecule has 1 fully saturated rings. The van der Waals surface area contributed by atoms with Crippen LogP contribution in [-0.4, -0.2) is 54.2 Å². The Morgan fingerprint density at radius 1 is 1.00 bits per heavy atom. The number of nitrogens with one attached hydrogen (secondary N) is 1. The summed E-state index contributed by atoms with van der Waals surface area (Å²) in [5.41, 5.74) is 0.966. The monoisotopic (exact) mass is 375 g/mol. The number of para-hydroxylation sites is 1. The van der Waals surface area contributed by atoms with E-state index in [1.165, 1.54) is 0 Å². The molecule has 132 valence electrons. The van der Waals surface area contributed by atoms with Crippen LogP contribution in [0, 0.1) is 0 Å². The third-order valence-electron chi connectivity index (χ3n) is 4.17. The number of nitrogens with zero attached hydrogens (tertiary/aromatic N) is 2. The van der Waals surface area contributed by atoms with Crippen LogP contribution in [0.3, 0.4) is 0 Å². The van der Waals surface area contributed by atoms with Crippen LogP contribution in [0.5, 0.6) is 5.75 Å². The standard InChI is InChI=1S/C19H22ClN3OS/c20-16-6-8-17(9-7-16)21-19(25)23-12-10-22(11-13-23)14-15-24-18-4-2-1-3-5-18/h1-9H,10-15H2,(H,21,25). The van der Waals surface area contributed by atoms with E-state index in [4.69, 9.17) is 28.6 Å². The maximum atomic E-state index is 5.91. The van der Waals surface area contributed by atoms with Gasteiger partial charge in [0.05, 0.1) is 0 Å². The van der Waals surface area contributed by atoms with Crippen molar-refractivity contribution in [3.05, 3.63) is 59.6 Å². The van der Waals surface area contributed by atoms with E-state index < -0.39 is 0 Å². The molecule has 0 amide bonds. The zero-order chi connectivity index (χ0) is 17.5. The van der Waals surface area contributed by atoms with Gasteiger partial charge in [0.25, 0.3) is 0 Å². The maximum absolute atomic E-state index is 5.91. The predicted octanol–water partition coefficient (Wildman–Crippen LogP) is 3.73. The minimum atomic E-state index is 0.706. The van der Waals surface area contributed by atoms with Crippen LogP contribution in [0.4, 0.5) is 5.69 Å². The number of ether oxygens (including phenoxy) is 1. The van der Waals surface area contributed by atoms with Crippen molar-refractivity contribution in [1.82, 2.24) is 9.80 Å². The molecule has 0 spiro atoms. The zero-order valence-corrected chi connectivity index (χ0v) is 15.6. The summed E-state index contributed by atoms with van der Waals surface area (Å²) in [6.07, 6.45) is 0. The molecule has 1 saturated heterocycles. The summed E-state index contributed by atoms with van der Waals surface area (Å²) in [6.45, 7) is 5.45. The molecule has 6 heteroatoms. The fraction of sp³-hybridized carbons (Fsp3) is 0.316. The van der Waals surface area contributed by atoms with E-state index in [1.54, 1.807) is 0 Å². The molecule has 1 aliphatic rings. The molecule has 0 aliphatic carbocycles. The summed E-state index contributed by atoms with van der Waals surface area (Å²) < 4.78 is 5.77. The molecule has 0 aromatic heterocycles. The molecular formula is C19H22ClN3OS. The molecule has 25 heavy (non-hydrogen) atoms. The van der Waals surface area contributed by atoms with Crippen molar-refractivity contribution in [2.24, 2.45) is 0 Å². The lowest BCUT2D eigenvalue weighted by molar-refractivity contribution is 0.155. The quantitative estimate of drug-likeness (QED) is 0.804. The normalized spacial score (nSPS) is 15.0. The van der Waals surface area contributed by atoms with Crippen molar-refractivity contribution in [2.45, 2.75) is 0 Å². The van der Waals surface area contributed by atoms with E-state index in [1.807, 2.05) is 54.6 Å². The van der Waals surface area contributed by atoms with E-state index in [0.29, 0.717) is 6.61 Å². The van der Waals surface area contributed by atoms with Crippen LogP contribution in [0.2, 0.25) is 5.02 Å². The maximum Gasteiger partial charge on any atom is 0.173 e. The van der Waals surface area contributed by atoms with Crippen LogP contribution >= 0.6 is 23.8 Å². The number of anilines is 1. The van der Waals surface area contributed by atoms with Crippen molar-refractivity contribution in [3.8, 4) is 5.75 Å². The van der Waals surface area contributed by atoms with Gasteiger partial charge >= 0.3 is 0 Å². The first-order valence-corrected chi connectivity index (χ1v) is 9.21. The second-order valence-corrected chi connectivity index (χ2v) is 6.75. The lowest BCUT2D eigenvalue weighted by Crippen LogP contribution is -2.50. The fourth-order valence-corrected chi connectivity index (χ4v) is 3.15. The first-order valence-electron chi connectivity index (χ1n) is 8.42. The molecule has 1 N–H and O–H groups in total. The number of piperazine rings is 1. The van der Waals surface area contributed by atoms with Gasteiger partial charge in [0.2, 0.25) is 0 Å². The van der Waals surface area contributed by atoms with E-state index in [0.717, 1.165) is 54.3 Å². The van der Waals surface area contributed by atoms with Gasteiger partial charge in [0.15, 0.2) is 5.11 Å². The Kier molecular flexibility index (Phi) is 6.50. The van der Waals surface area contributed by atoms with Gasteiger partial charge in [0, 0.05) is 43.4 Å². The Balaban J connectivity index is 1.37.